The molecule has 0 saturated heterocycles. The predicted octanol–water partition coefficient (Wildman–Crippen LogP) is 4.07. The van der Waals surface area contributed by atoms with Gasteiger partial charge in [0.1, 0.15) is 6.61 Å². The molecule has 0 bridgehead atoms. The third kappa shape index (κ3) is 4.85. The number of nitrogens with zero attached hydrogens (tertiary/aromatic N) is 1. The number of halogens is 3. The van der Waals surface area contributed by atoms with E-state index in [0.29, 0.717) is 6.42 Å². The van der Waals surface area contributed by atoms with Crippen molar-refractivity contribution in [3.63, 3.8) is 0 Å². The first-order chi connectivity index (χ1) is 8.18. The van der Waals surface area contributed by atoms with Crippen LogP contribution < -0.4 is 0 Å². The number of nitriles is 1. The van der Waals surface area contributed by atoms with E-state index in [1.54, 1.807) is 0 Å². The van der Waals surface area contributed by atoms with Crippen LogP contribution in [-0.2, 0) is 4.74 Å². The minimum absolute atomic E-state index is 0.00744. The Bertz CT molecular complexity index is 307. The molecular weight excluding hydrogens is 243 g/mol. The van der Waals surface area contributed by atoms with Crippen LogP contribution in [0.25, 0.3) is 0 Å². The SMILES string of the molecule is CC1(C)CCC(C#N)(CCOCC(F)(F)F)CC1. The van der Waals surface area contributed by atoms with Crippen LogP contribution in [-0.4, -0.2) is 19.4 Å². The van der Waals surface area contributed by atoms with Gasteiger partial charge in [0.15, 0.2) is 0 Å². The topological polar surface area (TPSA) is 33.0 Å². The molecule has 0 amide bonds. The molecule has 0 aromatic heterocycles. The minimum atomic E-state index is -4.28. The standard InChI is InChI=1S/C13H20F3NO/c1-11(2)3-5-12(9-17,6-4-11)7-8-18-10-13(14,15)16/h3-8,10H2,1-2H3. The fourth-order valence-corrected chi connectivity index (χ4v) is 2.28. The molecule has 0 radical (unpaired) electrons. The fourth-order valence-electron chi connectivity index (χ4n) is 2.28. The summed E-state index contributed by atoms with van der Waals surface area (Å²) in [6.45, 7) is 3.11. The van der Waals surface area contributed by atoms with Gasteiger partial charge in [-0.25, -0.2) is 0 Å². The van der Waals surface area contributed by atoms with Crippen molar-refractivity contribution in [2.45, 2.75) is 52.1 Å². The zero-order valence-corrected chi connectivity index (χ0v) is 10.9. The fraction of sp³-hybridized carbons (Fsp3) is 0.923. The van der Waals surface area contributed by atoms with E-state index < -0.39 is 18.2 Å². The predicted molar refractivity (Wildman–Crippen MR) is 61.8 cm³/mol. The van der Waals surface area contributed by atoms with Gasteiger partial charge in [0.2, 0.25) is 0 Å². The van der Waals surface area contributed by atoms with E-state index in [1.165, 1.54) is 0 Å². The van der Waals surface area contributed by atoms with E-state index in [2.05, 4.69) is 24.7 Å². The maximum absolute atomic E-state index is 11.9. The summed E-state index contributed by atoms with van der Waals surface area (Å²) < 4.78 is 40.3. The zero-order chi connectivity index (χ0) is 13.9. The number of hydrogen-bond acceptors (Lipinski definition) is 2. The summed E-state index contributed by atoms with van der Waals surface area (Å²) >= 11 is 0. The molecule has 0 heterocycles. The van der Waals surface area contributed by atoms with Gasteiger partial charge in [-0.1, -0.05) is 13.8 Å². The molecule has 0 aromatic carbocycles. The van der Waals surface area contributed by atoms with Crippen LogP contribution in [0.2, 0.25) is 0 Å². The lowest BCUT2D eigenvalue weighted by molar-refractivity contribution is -0.175. The van der Waals surface area contributed by atoms with Crippen molar-refractivity contribution in [3.8, 4) is 6.07 Å². The van der Waals surface area contributed by atoms with Crippen molar-refractivity contribution >= 4 is 0 Å². The number of ether oxygens (including phenoxy) is 1. The van der Waals surface area contributed by atoms with Crippen LogP contribution in [0.5, 0.6) is 0 Å². The molecule has 104 valence electrons. The zero-order valence-electron chi connectivity index (χ0n) is 10.9. The Morgan fingerprint density at radius 2 is 1.72 bits per heavy atom. The van der Waals surface area contributed by atoms with E-state index in [4.69, 9.17) is 0 Å². The molecule has 2 nitrogen and oxygen atoms in total. The second kappa shape index (κ2) is 5.48. The van der Waals surface area contributed by atoms with E-state index in [9.17, 15) is 18.4 Å². The first kappa shape index (κ1) is 15.3. The van der Waals surface area contributed by atoms with Crippen molar-refractivity contribution in [2.75, 3.05) is 13.2 Å². The average Bonchev–Trinajstić information content (AvgIpc) is 2.26. The Labute approximate surface area is 106 Å². The molecule has 1 aliphatic carbocycles. The van der Waals surface area contributed by atoms with Gasteiger partial charge in [-0.15, -0.1) is 0 Å². The van der Waals surface area contributed by atoms with Crippen molar-refractivity contribution in [2.24, 2.45) is 10.8 Å². The minimum Gasteiger partial charge on any atom is -0.372 e. The molecule has 1 aliphatic rings. The average molecular weight is 263 g/mol. The second-order valence-corrected chi connectivity index (χ2v) is 5.97. The summed E-state index contributed by atoms with van der Waals surface area (Å²) in [5, 5.41) is 9.24. The van der Waals surface area contributed by atoms with E-state index >= 15 is 0 Å². The van der Waals surface area contributed by atoms with Crippen molar-refractivity contribution in [3.05, 3.63) is 0 Å². The lowest BCUT2D eigenvalue weighted by atomic mass is 9.64. The highest BCUT2D eigenvalue weighted by molar-refractivity contribution is 5.02. The highest BCUT2D eigenvalue weighted by Crippen LogP contribution is 2.46. The summed E-state index contributed by atoms with van der Waals surface area (Å²) in [6, 6.07) is 2.29. The lowest BCUT2D eigenvalue weighted by Crippen LogP contribution is -2.31. The Morgan fingerprint density at radius 1 is 1.17 bits per heavy atom. The lowest BCUT2D eigenvalue weighted by Gasteiger charge is -2.39. The first-order valence-electron chi connectivity index (χ1n) is 6.24. The smallest absolute Gasteiger partial charge is 0.372 e. The summed E-state index contributed by atoms with van der Waals surface area (Å²) in [4.78, 5) is 0. The van der Waals surface area contributed by atoms with Crippen LogP contribution in [0.3, 0.4) is 0 Å². The molecule has 5 heteroatoms. The molecule has 0 N–H and O–H groups in total. The number of alkyl halides is 3. The summed E-state index contributed by atoms with van der Waals surface area (Å²) in [6.07, 6.45) is -0.485. The summed E-state index contributed by atoms with van der Waals surface area (Å²) in [7, 11) is 0. The highest BCUT2D eigenvalue weighted by atomic mass is 19.4. The molecule has 0 aliphatic heterocycles. The van der Waals surface area contributed by atoms with Gasteiger partial charge in [0, 0.05) is 6.61 Å². The van der Waals surface area contributed by atoms with Crippen LogP contribution >= 0.6 is 0 Å². The normalized spacial score (nSPS) is 22.4. The molecule has 1 fully saturated rings. The second-order valence-electron chi connectivity index (χ2n) is 5.97. The van der Waals surface area contributed by atoms with Gasteiger partial charge in [-0.05, 0) is 37.5 Å². The van der Waals surface area contributed by atoms with Gasteiger partial charge in [-0.3, -0.25) is 0 Å². The third-order valence-corrected chi connectivity index (χ3v) is 3.79. The maximum Gasteiger partial charge on any atom is 0.411 e. The quantitative estimate of drug-likeness (QED) is 0.716. The van der Waals surface area contributed by atoms with Crippen LogP contribution in [0.15, 0.2) is 0 Å². The van der Waals surface area contributed by atoms with Gasteiger partial charge >= 0.3 is 6.18 Å². The molecule has 0 unspecified atom stereocenters. The number of hydrogen-bond donors (Lipinski definition) is 0. The van der Waals surface area contributed by atoms with E-state index in [1.807, 2.05) is 0 Å². The van der Waals surface area contributed by atoms with Crippen LogP contribution in [0, 0.1) is 22.2 Å². The Balaban J connectivity index is 2.37. The summed E-state index contributed by atoms with van der Waals surface area (Å²) in [5.41, 5.74) is -0.242. The number of rotatable bonds is 4. The van der Waals surface area contributed by atoms with Gasteiger partial charge in [0.05, 0.1) is 11.5 Å². The van der Waals surface area contributed by atoms with Gasteiger partial charge < -0.3 is 4.74 Å². The molecular formula is C13H20F3NO. The van der Waals surface area contributed by atoms with E-state index in [0.717, 1.165) is 25.7 Å². The highest BCUT2D eigenvalue weighted by Gasteiger charge is 2.38. The molecule has 0 aromatic rings. The van der Waals surface area contributed by atoms with Crippen molar-refractivity contribution in [1.82, 2.24) is 0 Å². The molecule has 1 saturated carbocycles. The maximum atomic E-state index is 11.9. The largest absolute Gasteiger partial charge is 0.411 e. The van der Waals surface area contributed by atoms with E-state index in [-0.39, 0.29) is 12.0 Å². The monoisotopic (exact) mass is 263 g/mol. The summed E-state index contributed by atoms with van der Waals surface area (Å²) in [5.74, 6) is 0. The molecule has 0 atom stereocenters. The first-order valence-corrected chi connectivity index (χ1v) is 6.24. The van der Waals surface area contributed by atoms with Gasteiger partial charge in [-0.2, -0.15) is 18.4 Å². The van der Waals surface area contributed by atoms with Crippen molar-refractivity contribution < 1.29 is 17.9 Å². The van der Waals surface area contributed by atoms with Crippen LogP contribution in [0.4, 0.5) is 13.2 Å². The molecule has 0 spiro atoms. The third-order valence-electron chi connectivity index (χ3n) is 3.79. The van der Waals surface area contributed by atoms with Gasteiger partial charge in [0.25, 0.3) is 0 Å². The molecule has 18 heavy (non-hydrogen) atoms. The van der Waals surface area contributed by atoms with Crippen molar-refractivity contribution in [1.29, 1.82) is 5.26 Å². The molecule has 1 rings (SSSR count). The Hall–Kier alpha value is -0.760. The Kier molecular flexibility index (Phi) is 4.66. The Morgan fingerprint density at radius 3 is 2.17 bits per heavy atom. The van der Waals surface area contributed by atoms with Crippen LogP contribution in [0.1, 0.15) is 46.0 Å².